The van der Waals surface area contributed by atoms with Crippen LogP contribution >= 0.6 is 0 Å². The molecular formula is C27H33N5O3. The Balaban J connectivity index is 1.34. The third-order valence-corrected chi connectivity index (χ3v) is 7.60. The van der Waals surface area contributed by atoms with Gasteiger partial charge in [0, 0.05) is 30.8 Å². The van der Waals surface area contributed by atoms with Crippen molar-refractivity contribution in [3.63, 3.8) is 0 Å². The summed E-state index contributed by atoms with van der Waals surface area (Å²) in [6.45, 7) is 3.61. The standard InChI is InChI=1S/C27H33N5O3/c1-27(16-31-17-30-21-8-5-18(13-28)10-23(21)31)9-3-4-19(12-27)15-32(26(33)34)24-14-29-22(20-6-7-20)11-25(24)35-2/h5,8,10-11,14,17,19-20,26,33-34H,3-4,6-7,9,12,15-16H2,1-2H3/t19?,27-/m0/s1. The second kappa shape index (κ2) is 9.48. The molecule has 2 aliphatic carbocycles. The van der Waals surface area contributed by atoms with Gasteiger partial charge in [-0.3, -0.25) is 4.98 Å². The molecule has 2 aromatic heterocycles. The van der Waals surface area contributed by atoms with Crippen molar-refractivity contribution in [2.75, 3.05) is 18.6 Å². The summed E-state index contributed by atoms with van der Waals surface area (Å²) in [5, 5.41) is 29.8. The van der Waals surface area contributed by atoms with Gasteiger partial charge in [0.05, 0.1) is 42.3 Å². The van der Waals surface area contributed by atoms with Crippen LogP contribution in [-0.4, -0.2) is 44.8 Å². The van der Waals surface area contributed by atoms with Crippen molar-refractivity contribution >= 4 is 16.7 Å². The fourth-order valence-corrected chi connectivity index (χ4v) is 5.70. The van der Waals surface area contributed by atoms with Crippen LogP contribution in [0.25, 0.3) is 11.0 Å². The van der Waals surface area contributed by atoms with Crippen LogP contribution in [0.2, 0.25) is 0 Å². The Hall–Kier alpha value is -3.15. The minimum Gasteiger partial charge on any atom is -0.494 e. The second-order valence-corrected chi connectivity index (χ2v) is 10.5. The minimum atomic E-state index is -1.63. The van der Waals surface area contributed by atoms with E-state index < -0.39 is 6.41 Å². The number of aliphatic hydroxyl groups excluding tert-OH is 1. The third kappa shape index (κ3) is 4.97. The van der Waals surface area contributed by atoms with Crippen LogP contribution in [0.4, 0.5) is 5.69 Å². The summed E-state index contributed by atoms with van der Waals surface area (Å²) in [5.41, 5.74) is 4.16. The molecule has 0 spiro atoms. The van der Waals surface area contributed by atoms with Crippen molar-refractivity contribution in [2.45, 2.75) is 64.3 Å². The molecule has 2 N–H and O–H groups in total. The van der Waals surface area contributed by atoms with Gasteiger partial charge >= 0.3 is 0 Å². The number of ether oxygens (including phenoxy) is 1. The molecule has 8 heteroatoms. The number of hydrogen-bond acceptors (Lipinski definition) is 7. The van der Waals surface area contributed by atoms with Crippen molar-refractivity contribution in [2.24, 2.45) is 11.3 Å². The number of anilines is 1. The highest BCUT2D eigenvalue weighted by Gasteiger charge is 2.35. The number of rotatable bonds is 8. The highest BCUT2D eigenvalue weighted by Crippen LogP contribution is 2.44. The lowest BCUT2D eigenvalue weighted by molar-refractivity contribution is -0.0449. The number of imidazole rings is 1. The number of aromatic nitrogens is 3. The molecule has 2 heterocycles. The van der Waals surface area contributed by atoms with Crippen LogP contribution in [-0.2, 0) is 6.54 Å². The molecule has 5 rings (SSSR count). The average Bonchev–Trinajstić information content (AvgIpc) is 3.64. The molecule has 0 amide bonds. The van der Waals surface area contributed by atoms with E-state index in [9.17, 15) is 15.5 Å². The Bertz CT molecular complexity index is 1250. The SMILES string of the molecule is COc1cc(C2CC2)ncc1N(CC1CCC[C@](C)(Cn2cnc3ccc(C#N)cc32)C1)C(O)O. The van der Waals surface area contributed by atoms with Gasteiger partial charge in [-0.05, 0) is 61.6 Å². The molecular weight excluding hydrogens is 442 g/mol. The van der Waals surface area contributed by atoms with Gasteiger partial charge in [-0.15, -0.1) is 0 Å². The van der Waals surface area contributed by atoms with E-state index in [0.29, 0.717) is 29.5 Å². The number of hydrogen-bond donors (Lipinski definition) is 2. The average molecular weight is 476 g/mol. The molecule has 0 saturated heterocycles. The Kier molecular flexibility index (Phi) is 6.39. The van der Waals surface area contributed by atoms with Gasteiger partial charge in [-0.25, -0.2) is 4.98 Å². The molecule has 1 aromatic carbocycles. The van der Waals surface area contributed by atoms with Crippen LogP contribution in [0, 0.1) is 22.7 Å². The zero-order chi connectivity index (χ0) is 24.6. The third-order valence-electron chi connectivity index (χ3n) is 7.60. The molecule has 0 radical (unpaired) electrons. The topological polar surface area (TPSA) is 107 Å². The molecule has 2 saturated carbocycles. The van der Waals surface area contributed by atoms with Crippen LogP contribution in [0.3, 0.4) is 0 Å². The highest BCUT2D eigenvalue weighted by atomic mass is 16.5. The first-order valence-corrected chi connectivity index (χ1v) is 12.4. The second-order valence-electron chi connectivity index (χ2n) is 10.5. The number of nitrogens with zero attached hydrogens (tertiary/aromatic N) is 5. The van der Waals surface area contributed by atoms with Crippen molar-refractivity contribution in [1.29, 1.82) is 5.26 Å². The molecule has 0 bridgehead atoms. The van der Waals surface area contributed by atoms with E-state index in [1.165, 1.54) is 0 Å². The summed E-state index contributed by atoms with van der Waals surface area (Å²) in [6.07, 6.45) is 8.38. The number of fused-ring (bicyclic) bond motifs is 1. The molecule has 1 unspecified atom stereocenters. The molecule has 0 aliphatic heterocycles. The lowest BCUT2D eigenvalue weighted by Crippen LogP contribution is -2.42. The molecule has 3 aromatic rings. The maximum atomic E-state index is 10.3. The van der Waals surface area contributed by atoms with E-state index in [-0.39, 0.29) is 11.3 Å². The molecule has 35 heavy (non-hydrogen) atoms. The summed E-state index contributed by atoms with van der Waals surface area (Å²) in [4.78, 5) is 10.7. The van der Waals surface area contributed by atoms with Gasteiger partial charge in [0.15, 0.2) is 0 Å². The highest BCUT2D eigenvalue weighted by molar-refractivity contribution is 5.77. The van der Waals surface area contributed by atoms with Crippen LogP contribution < -0.4 is 9.64 Å². The summed E-state index contributed by atoms with van der Waals surface area (Å²) in [7, 11) is 1.61. The normalized spacial score (nSPS) is 22.3. The molecule has 2 fully saturated rings. The first kappa shape index (κ1) is 23.6. The van der Waals surface area contributed by atoms with Crippen LogP contribution in [0.5, 0.6) is 5.75 Å². The van der Waals surface area contributed by atoms with Gasteiger partial charge < -0.3 is 24.4 Å². The number of aliphatic hydroxyl groups is 2. The largest absolute Gasteiger partial charge is 0.494 e. The van der Waals surface area contributed by atoms with Crippen molar-refractivity contribution in [3.05, 3.63) is 48.0 Å². The smallest absolute Gasteiger partial charge is 0.235 e. The molecule has 184 valence electrons. The maximum absolute atomic E-state index is 10.3. The Morgan fingerprint density at radius 2 is 2.09 bits per heavy atom. The van der Waals surface area contributed by atoms with E-state index in [1.54, 1.807) is 24.3 Å². The lowest BCUT2D eigenvalue weighted by Gasteiger charge is -2.41. The summed E-state index contributed by atoms with van der Waals surface area (Å²) in [5.74, 6) is 1.41. The van der Waals surface area contributed by atoms with E-state index in [1.807, 2.05) is 24.5 Å². The zero-order valence-corrected chi connectivity index (χ0v) is 20.4. The Morgan fingerprint density at radius 1 is 1.26 bits per heavy atom. The predicted molar refractivity (Wildman–Crippen MR) is 133 cm³/mol. The minimum absolute atomic E-state index is 0.0312. The predicted octanol–water partition coefficient (Wildman–Crippen LogP) is 4.16. The van der Waals surface area contributed by atoms with Crippen molar-refractivity contribution in [3.8, 4) is 11.8 Å². The van der Waals surface area contributed by atoms with E-state index >= 15 is 0 Å². The van der Waals surface area contributed by atoms with Gasteiger partial charge in [-0.2, -0.15) is 5.26 Å². The summed E-state index contributed by atoms with van der Waals surface area (Å²) in [6, 6.07) is 9.75. The maximum Gasteiger partial charge on any atom is 0.235 e. The lowest BCUT2D eigenvalue weighted by atomic mass is 9.70. The van der Waals surface area contributed by atoms with E-state index in [0.717, 1.165) is 61.8 Å². The Morgan fingerprint density at radius 3 is 2.80 bits per heavy atom. The van der Waals surface area contributed by atoms with E-state index in [4.69, 9.17) is 4.74 Å². The monoisotopic (exact) mass is 475 g/mol. The van der Waals surface area contributed by atoms with Crippen molar-refractivity contribution < 1.29 is 14.9 Å². The van der Waals surface area contributed by atoms with Gasteiger partial charge in [-0.1, -0.05) is 13.3 Å². The quantitative estimate of drug-likeness (QED) is 0.471. The first-order chi connectivity index (χ1) is 16.9. The van der Waals surface area contributed by atoms with Gasteiger partial charge in [0.1, 0.15) is 11.4 Å². The molecule has 2 aliphatic rings. The fraction of sp³-hybridized carbons (Fsp3) is 0.519. The van der Waals surface area contributed by atoms with Crippen molar-refractivity contribution in [1.82, 2.24) is 14.5 Å². The van der Waals surface area contributed by atoms with Gasteiger partial charge in [0.25, 0.3) is 0 Å². The number of nitriles is 1. The van der Waals surface area contributed by atoms with Gasteiger partial charge in [0.2, 0.25) is 6.41 Å². The van der Waals surface area contributed by atoms with Crippen LogP contribution in [0.15, 0.2) is 36.8 Å². The zero-order valence-electron chi connectivity index (χ0n) is 20.4. The summed E-state index contributed by atoms with van der Waals surface area (Å²) >= 11 is 0. The van der Waals surface area contributed by atoms with Crippen LogP contribution in [0.1, 0.15) is 62.6 Å². The fourth-order valence-electron chi connectivity index (χ4n) is 5.70. The number of methoxy groups -OCH3 is 1. The number of benzene rings is 1. The molecule has 2 atom stereocenters. The number of pyridine rings is 1. The van der Waals surface area contributed by atoms with E-state index in [2.05, 4.69) is 27.5 Å². The summed E-state index contributed by atoms with van der Waals surface area (Å²) < 4.78 is 7.77. The Labute approximate surface area is 205 Å². The first-order valence-electron chi connectivity index (χ1n) is 12.4. The molecule has 8 nitrogen and oxygen atoms in total.